The highest BCUT2D eigenvalue weighted by Gasteiger charge is 2.37. The summed E-state index contributed by atoms with van der Waals surface area (Å²) < 4.78 is 0.243. The third-order valence-corrected chi connectivity index (χ3v) is 6.10. The molecule has 134 valence electrons. The maximum absolute atomic E-state index is 11.0. The van der Waals surface area contributed by atoms with Gasteiger partial charge >= 0.3 is 0 Å². The summed E-state index contributed by atoms with van der Waals surface area (Å²) in [7, 11) is 1.82. The summed E-state index contributed by atoms with van der Waals surface area (Å²) in [6.45, 7) is 7.05. The fourth-order valence-electron chi connectivity index (χ4n) is 3.61. The van der Waals surface area contributed by atoms with Crippen molar-refractivity contribution in [1.29, 1.82) is 0 Å². The molecule has 4 nitrogen and oxygen atoms in total. The number of rotatable bonds is 2. The molecular weight excluding hydrogens is 433 g/mol. The Morgan fingerprint density at radius 3 is 2.83 bits per heavy atom. The lowest BCUT2D eigenvalue weighted by Gasteiger charge is -2.39. The molecule has 1 saturated heterocycles. The van der Waals surface area contributed by atoms with Crippen LogP contribution in [0.25, 0.3) is 0 Å². The molecule has 1 aliphatic carbocycles. The van der Waals surface area contributed by atoms with Gasteiger partial charge in [-0.05, 0) is 37.8 Å². The fourth-order valence-corrected chi connectivity index (χ4v) is 4.72. The lowest BCUT2D eigenvalue weighted by molar-refractivity contribution is 0.0425. The van der Waals surface area contributed by atoms with Gasteiger partial charge in [-0.3, -0.25) is 4.99 Å². The van der Waals surface area contributed by atoms with Crippen molar-refractivity contribution in [3.8, 4) is 0 Å². The van der Waals surface area contributed by atoms with Crippen LogP contribution in [0.4, 0.5) is 0 Å². The zero-order valence-corrected chi connectivity index (χ0v) is 17.9. The van der Waals surface area contributed by atoms with Crippen LogP contribution >= 0.6 is 35.7 Å². The van der Waals surface area contributed by atoms with Crippen molar-refractivity contribution in [2.24, 2.45) is 4.99 Å². The van der Waals surface area contributed by atoms with Gasteiger partial charge in [-0.1, -0.05) is 24.3 Å². The number of hydrogen-bond acceptors (Lipinski definition) is 3. The maximum Gasteiger partial charge on any atom is 0.193 e. The van der Waals surface area contributed by atoms with Crippen LogP contribution in [0.5, 0.6) is 0 Å². The molecule has 1 heterocycles. The third kappa shape index (κ3) is 4.19. The highest BCUT2D eigenvalue weighted by atomic mass is 127. The Hall–Kier alpha value is -0.470. The normalized spacial score (nSPS) is 25.8. The largest absolute Gasteiger partial charge is 0.383 e. The molecule has 2 aliphatic rings. The Bertz CT molecular complexity index is 608. The van der Waals surface area contributed by atoms with Gasteiger partial charge in [0.1, 0.15) is 5.60 Å². The van der Waals surface area contributed by atoms with E-state index >= 15 is 0 Å². The summed E-state index contributed by atoms with van der Waals surface area (Å²) in [5.74, 6) is 2.01. The Balaban J connectivity index is 0.00000208. The lowest BCUT2D eigenvalue weighted by atomic mass is 9.96. The van der Waals surface area contributed by atoms with Gasteiger partial charge in [0.05, 0.1) is 6.54 Å². The van der Waals surface area contributed by atoms with Crippen molar-refractivity contribution in [2.75, 3.05) is 32.4 Å². The van der Waals surface area contributed by atoms with Crippen molar-refractivity contribution >= 4 is 41.7 Å². The zero-order valence-electron chi connectivity index (χ0n) is 14.7. The van der Waals surface area contributed by atoms with E-state index < -0.39 is 5.60 Å². The molecule has 1 aromatic carbocycles. The number of aliphatic imine (C=N–C) groups is 1. The molecule has 0 radical (unpaired) electrons. The van der Waals surface area contributed by atoms with Crippen LogP contribution in [0.15, 0.2) is 29.3 Å². The first-order valence-corrected chi connectivity index (χ1v) is 9.32. The Morgan fingerprint density at radius 1 is 1.38 bits per heavy atom. The summed E-state index contributed by atoms with van der Waals surface area (Å²) in [6.07, 6.45) is 1.72. The molecule has 1 atom stereocenters. The number of nitrogens with one attached hydrogen (secondary N) is 1. The number of nitrogens with zero attached hydrogens (tertiary/aromatic N) is 2. The van der Waals surface area contributed by atoms with E-state index in [1.54, 1.807) is 0 Å². The molecule has 1 unspecified atom stereocenters. The van der Waals surface area contributed by atoms with Crippen LogP contribution in [0.2, 0.25) is 0 Å². The van der Waals surface area contributed by atoms with Crippen LogP contribution < -0.4 is 5.32 Å². The van der Waals surface area contributed by atoms with Crippen molar-refractivity contribution in [3.05, 3.63) is 35.4 Å². The minimum Gasteiger partial charge on any atom is -0.383 e. The Kier molecular flexibility index (Phi) is 6.47. The van der Waals surface area contributed by atoms with E-state index in [0.717, 1.165) is 43.2 Å². The first-order valence-electron chi connectivity index (χ1n) is 8.34. The van der Waals surface area contributed by atoms with Gasteiger partial charge < -0.3 is 15.3 Å². The summed E-state index contributed by atoms with van der Waals surface area (Å²) >= 11 is 2.01. The van der Waals surface area contributed by atoms with Gasteiger partial charge in [-0.25, -0.2) is 0 Å². The molecule has 0 saturated carbocycles. The maximum atomic E-state index is 11.0. The van der Waals surface area contributed by atoms with Gasteiger partial charge in [0.25, 0.3) is 0 Å². The predicted molar refractivity (Wildman–Crippen MR) is 114 cm³/mol. The number of thioether (sulfide) groups is 1. The number of hydrogen-bond donors (Lipinski definition) is 2. The standard InChI is InChI=1S/C18H27N3OS.HI/c1-17(2)13-21(10-11-23-17)16(19-3)20-12-18(22)9-8-14-6-4-5-7-15(14)18;/h4-7,22H,8-13H2,1-3H3,(H,19,20);1H. The van der Waals surface area contributed by atoms with Crippen LogP contribution in [0, 0.1) is 0 Å². The molecule has 6 heteroatoms. The number of guanidine groups is 1. The van der Waals surface area contributed by atoms with Crippen LogP contribution in [0.1, 0.15) is 31.4 Å². The molecule has 1 fully saturated rings. The number of halogens is 1. The zero-order chi connectivity index (χ0) is 16.5. The quantitative estimate of drug-likeness (QED) is 0.404. The SMILES string of the molecule is CN=C(NCC1(O)CCc2ccccc21)N1CCSC(C)(C)C1.I. The van der Waals surface area contributed by atoms with Gasteiger partial charge in [0.15, 0.2) is 5.96 Å². The van der Waals surface area contributed by atoms with Crippen molar-refractivity contribution in [2.45, 2.75) is 37.0 Å². The van der Waals surface area contributed by atoms with E-state index in [0.29, 0.717) is 6.54 Å². The minimum atomic E-state index is -0.785. The molecule has 0 amide bonds. The summed E-state index contributed by atoms with van der Waals surface area (Å²) in [5, 5.41) is 14.5. The second-order valence-electron chi connectivity index (χ2n) is 7.12. The summed E-state index contributed by atoms with van der Waals surface area (Å²) in [6, 6.07) is 8.22. The van der Waals surface area contributed by atoms with Crippen molar-refractivity contribution < 1.29 is 5.11 Å². The topological polar surface area (TPSA) is 47.9 Å². The predicted octanol–water partition coefficient (Wildman–Crippen LogP) is 2.84. The van der Waals surface area contributed by atoms with E-state index in [4.69, 9.17) is 0 Å². The monoisotopic (exact) mass is 461 g/mol. The molecule has 0 aromatic heterocycles. The smallest absolute Gasteiger partial charge is 0.193 e. The van der Waals surface area contributed by atoms with Gasteiger partial charge in [-0.15, -0.1) is 24.0 Å². The average molecular weight is 461 g/mol. The summed E-state index contributed by atoms with van der Waals surface area (Å²) in [4.78, 5) is 6.74. The highest BCUT2D eigenvalue weighted by Crippen LogP contribution is 2.36. The highest BCUT2D eigenvalue weighted by molar-refractivity contribution is 14.0. The Labute approximate surface area is 166 Å². The number of aliphatic hydroxyl groups is 1. The van der Waals surface area contributed by atoms with E-state index in [-0.39, 0.29) is 28.7 Å². The van der Waals surface area contributed by atoms with Crippen molar-refractivity contribution in [1.82, 2.24) is 10.2 Å². The van der Waals surface area contributed by atoms with E-state index in [1.165, 1.54) is 5.56 Å². The van der Waals surface area contributed by atoms with Crippen LogP contribution in [-0.2, 0) is 12.0 Å². The Morgan fingerprint density at radius 2 is 2.12 bits per heavy atom. The molecule has 24 heavy (non-hydrogen) atoms. The average Bonchev–Trinajstić information content (AvgIpc) is 2.85. The van der Waals surface area contributed by atoms with Gasteiger partial charge in [0, 0.05) is 30.6 Å². The minimum absolute atomic E-state index is 0. The molecule has 3 rings (SSSR count). The van der Waals surface area contributed by atoms with Gasteiger partial charge in [0.2, 0.25) is 0 Å². The molecule has 2 N–H and O–H groups in total. The fraction of sp³-hybridized carbons (Fsp3) is 0.611. The molecule has 0 bridgehead atoms. The number of benzene rings is 1. The molecule has 1 aromatic rings. The second-order valence-corrected chi connectivity index (χ2v) is 8.92. The molecule has 0 spiro atoms. The molecule has 1 aliphatic heterocycles. The van der Waals surface area contributed by atoms with Crippen LogP contribution in [0.3, 0.4) is 0 Å². The number of fused-ring (bicyclic) bond motifs is 1. The van der Waals surface area contributed by atoms with E-state index in [9.17, 15) is 5.11 Å². The van der Waals surface area contributed by atoms with E-state index in [2.05, 4.69) is 35.1 Å². The molecular formula is C18H28IN3OS. The van der Waals surface area contributed by atoms with Gasteiger partial charge in [-0.2, -0.15) is 11.8 Å². The third-order valence-electron chi connectivity index (χ3n) is 4.80. The second kappa shape index (κ2) is 7.83. The number of aryl methyl sites for hydroxylation is 1. The first kappa shape index (κ1) is 19.8. The lowest BCUT2D eigenvalue weighted by Crippen LogP contribution is -2.53. The van der Waals surface area contributed by atoms with Crippen LogP contribution in [-0.4, -0.2) is 53.1 Å². The first-order chi connectivity index (χ1) is 10.9. The van der Waals surface area contributed by atoms with Crippen molar-refractivity contribution in [3.63, 3.8) is 0 Å². The van der Waals surface area contributed by atoms with E-state index in [1.807, 2.05) is 37.0 Å². The summed E-state index contributed by atoms with van der Waals surface area (Å²) in [5.41, 5.74) is 1.55.